The number of hydrogen-bond acceptors (Lipinski definition) is 3. The van der Waals surface area contributed by atoms with Crippen LogP contribution in [0.5, 0.6) is 5.75 Å². The molecule has 2 rings (SSSR count). The quantitative estimate of drug-likeness (QED) is 0.849. The number of nitrogens with zero attached hydrogens (tertiary/aromatic N) is 2. The first-order valence-electron chi connectivity index (χ1n) is 7.49. The van der Waals surface area contributed by atoms with Crippen molar-refractivity contribution in [1.82, 2.24) is 15.1 Å². The second-order valence-corrected chi connectivity index (χ2v) is 5.87. The van der Waals surface area contributed by atoms with Crippen LogP contribution in [0.4, 0.5) is 0 Å². The van der Waals surface area contributed by atoms with Crippen LogP contribution < -0.4 is 10.1 Å². The third kappa shape index (κ3) is 4.90. The Bertz CT molecular complexity index is 545. The molecule has 0 saturated heterocycles. The molecule has 4 heteroatoms. The van der Waals surface area contributed by atoms with Gasteiger partial charge in [0.25, 0.3) is 0 Å². The zero-order chi connectivity index (χ0) is 15.2. The van der Waals surface area contributed by atoms with Crippen LogP contribution in [0.1, 0.15) is 38.1 Å². The minimum absolute atomic E-state index is 0.239. The maximum Gasteiger partial charge on any atom is 0.119 e. The maximum absolute atomic E-state index is 5.69. The van der Waals surface area contributed by atoms with Gasteiger partial charge in [-0.2, -0.15) is 5.10 Å². The molecule has 1 aromatic heterocycles. The molecule has 0 saturated carbocycles. The lowest BCUT2D eigenvalue weighted by atomic mass is 10.2. The lowest BCUT2D eigenvalue weighted by Crippen LogP contribution is -2.18. The first-order chi connectivity index (χ1) is 10.0. The van der Waals surface area contributed by atoms with E-state index >= 15 is 0 Å². The van der Waals surface area contributed by atoms with E-state index in [0.717, 1.165) is 24.6 Å². The molecule has 21 heavy (non-hydrogen) atoms. The van der Waals surface area contributed by atoms with Gasteiger partial charge in [-0.1, -0.05) is 26.0 Å². The molecule has 0 fully saturated rings. The number of benzene rings is 1. The molecule has 1 unspecified atom stereocenters. The Hall–Kier alpha value is -1.81. The highest BCUT2D eigenvalue weighted by Gasteiger charge is 2.07. The summed E-state index contributed by atoms with van der Waals surface area (Å²) < 4.78 is 7.51. The Balaban J connectivity index is 1.83. The standard InChI is InChI=1S/C17H25N3O/c1-13(2)12-21-16-7-5-15(6-8-16)11-18-14(3)17-9-10-20(4)19-17/h5-10,13-14,18H,11-12H2,1-4H3. The number of aromatic nitrogens is 2. The van der Waals surface area contributed by atoms with Crippen LogP contribution in [-0.2, 0) is 13.6 Å². The van der Waals surface area contributed by atoms with Crippen molar-refractivity contribution in [3.63, 3.8) is 0 Å². The topological polar surface area (TPSA) is 39.1 Å². The molecule has 0 aliphatic heterocycles. The van der Waals surface area contributed by atoms with E-state index in [4.69, 9.17) is 4.74 Å². The van der Waals surface area contributed by atoms with Crippen LogP contribution >= 0.6 is 0 Å². The predicted molar refractivity (Wildman–Crippen MR) is 85.2 cm³/mol. The van der Waals surface area contributed by atoms with Gasteiger partial charge in [-0.25, -0.2) is 0 Å². The number of ether oxygens (including phenoxy) is 1. The summed E-state index contributed by atoms with van der Waals surface area (Å²) in [5, 5.41) is 7.89. The van der Waals surface area contributed by atoms with E-state index in [-0.39, 0.29) is 6.04 Å². The molecule has 0 radical (unpaired) electrons. The predicted octanol–water partition coefficient (Wildman–Crippen LogP) is 3.31. The van der Waals surface area contributed by atoms with Crippen molar-refractivity contribution in [3.05, 3.63) is 47.8 Å². The largest absolute Gasteiger partial charge is 0.493 e. The molecule has 0 aliphatic rings. The Morgan fingerprint density at radius 2 is 1.86 bits per heavy atom. The minimum Gasteiger partial charge on any atom is -0.493 e. The monoisotopic (exact) mass is 287 g/mol. The summed E-state index contributed by atoms with van der Waals surface area (Å²) in [6.07, 6.45) is 1.97. The Morgan fingerprint density at radius 1 is 1.14 bits per heavy atom. The summed E-state index contributed by atoms with van der Waals surface area (Å²) in [6.45, 7) is 8.01. The van der Waals surface area contributed by atoms with Crippen LogP contribution in [0, 0.1) is 5.92 Å². The zero-order valence-electron chi connectivity index (χ0n) is 13.3. The highest BCUT2D eigenvalue weighted by molar-refractivity contribution is 5.27. The van der Waals surface area contributed by atoms with Crippen molar-refractivity contribution in [2.45, 2.75) is 33.4 Å². The van der Waals surface area contributed by atoms with E-state index in [9.17, 15) is 0 Å². The molecular formula is C17H25N3O. The summed E-state index contributed by atoms with van der Waals surface area (Å²) in [6, 6.07) is 10.6. The Kier molecular flexibility index (Phi) is 5.39. The second-order valence-electron chi connectivity index (χ2n) is 5.87. The van der Waals surface area contributed by atoms with Gasteiger partial charge in [0.15, 0.2) is 0 Å². The molecule has 4 nitrogen and oxygen atoms in total. The molecule has 114 valence electrons. The van der Waals surface area contributed by atoms with E-state index in [1.54, 1.807) is 0 Å². The van der Waals surface area contributed by atoms with Gasteiger partial charge >= 0.3 is 0 Å². The van der Waals surface area contributed by atoms with Gasteiger partial charge in [0.1, 0.15) is 5.75 Å². The van der Waals surface area contributed by atoms with Crippen molar-refractivity contribution in [3.8, 4) is 5.75 Å². The van der Waals surface area contributed by atoms with E-state index in [1.807, 2.05) is 36.1 Å². The normalized spacial score (nSPS) is 12.6. The molecule has 2 aromatic rings. The molecule has 1 aromatic carbocycles. The first-order valence-corrected chi connectivity index (χ1v) is 7.49. The summed E-state index contributed by atoms with van der Waals surface area (Å²) in [5.41, 5.74) is 2.31. The number of aryl methyl sites for hydroxylation is 1. The summed E-state index contributed by atoms with van der Waals surface area (Å²) in [5.74, 6) is 1.48. The van der Waals surface area contributed by atoms with Crippen LogP contribution in [-0.4, -0.2) is 16.4 Å². The molecule has 1 heterocycles. The molecular weight excluding hydrogens is 262 g/mol. The summed E-state index contributed by atoms with van der Waals surface area (Å²) in [4.78, 5) is 0. The smallest absolute Gasteiger partial charge is 0.119 e. The van der Waals surface area contributed by atoms with Gasteiger partial charge in [0.05, 0.1) is 12.3 Å². The zero-order valence-corrected chi connectivity index (χ0v) is 13.3. The van der Waals surface area contributed by atoms with Gasteiger partial charge in [-0.15, -0.1) is 0 Å². The lowest BCUT2D eigenvalue weighted by molar-refractivity contribution is 0.271. The van der Waals surface area contributed by atoms with Gasteiger partial charge in [-0.3, -0.25) is 4.68 Å². The highest BCUT2D eigenvalue weighted by Crippen LogP contribution is 2.15. The van der Waals surface area contributed by atoms with Crippen molar-refractivity contribution < 1.29 is 4.74 Å². The van der Waals surface area contributed by atoms with Crippen LogP contribution in [0.25, 0.3) is 0 Å². The van der Waals surface area contributed by atoms with E-state index in [0.29, 0.717) is 5.92 Å². The Morgan fingerprint density at radius 3 is 2.43 bits per heavy atom. The second kappa shape index (κ2) is 7.27. The van der Waals surface area contributed by atoms with Crippen molar-refractivity contribution in [2.24, 2.45) is 13.0 Å². The molecule has 0 aliphatic carbocycles. The van der Waals surface area contributed by atoms with E-state index in [1.165, 1.54) is 5.56 Å². The average molecular weight is 287 g/mol. The fourth-order valence-corrected chi connectivity index (χ4v) is 2.01. The number of rotatable bonds is 7. The highest BCUT2D eigenvalue weighted by atomic mass is 16.5. The number of hydrogen-bond donors (Lipinski definition) is 1. The molecule has 0 spiro atoms. The summed E-state index contributed by atoms with van der Waals surface area (Å²) in [7, 11) is 1.94. The fourth-order valence-electron chi connectivity index (χ4n) is 2.01. The van der Waals surface area contributed by atoms with Crippen LogP contribution in [0.3, 0.4) is 0 Å². The third-order valence-electron chi connectivity index (χ3n) is 3.30. The van der Waals surface area contributed by atoms with E-state index < -0.39 is 0 Å². The fraction of sp³-hybridized carbons (Fsp3) is 0.471. The molecule has 1 N–H and O–H groups in total. The van der Waals surface area contributed by atoms with Crippen molar-refractivity contribution in [2.75, 3.05) is 6.61 Å². The van der Waals surface area contributed by atoms with Crippen molar-refractivity contribution >= 4 is 0 Å². The summed E-state index contributed by atoms with van der Waals surface area (Å²) >= 11 is 0. The SMILES string of the molecule is CC(C)COc1ccc(CNC(C)c2ccn(C)n2)cc1. The maximum atomic E-state index is 5.69. The molecule has 0 amide bonds. The average Bonchev–Trinajstić information content (AvgIpc) is 2.90. The Labute approximate surface area is 127 Å². The minimum atomic E-state index is 0.239. The first kappa shape index (κ1) is 15.6. The van der Waals surface area contributed by atoms with Crippen molar-refractivity contribution in [1.29, 1.82) is 0 Å². The lowest BCUT2D eigenvalue weighted by Gasteiger charge is -2.12. The van der Waals surface area contributed by atoms with Crippen LogP contribution in [0.2, 0.25) is 0 Å². The number of nitrogens with one attached hydrogen (secondary N) is 1. The molecule has 1 atom stereocenters. The molecule has 0 bridgehead atoms. The van der Waals surface area contributed by atoms with Gasteiger partial charge in [0.2, 0.25) is 0 Å². The third-order valence-corrected chi connectivity index (χ3v) is 3.30. The van der Waals surface area contributed by atoms with Gasteiger partial charge < -0.3 is 10.1 Å². The van der Waals surface area contributed by atoms with Gasteiger partial charge in [0, 0.05) is 25.8 Å². The van der Waals surface area contributed by atoms with Gasteiger partial charge in [-0.05, 0) is 36.6 Å². The van der Waals surface area contributed by atoms with E-state index in [2.05, 4.69) is 43.3 Å². The van der Waals surface area contributed by atoms with Crippen LogP contribution in [0.15, 0.2) is 36.5 Å².